The Morgan fingerprint density at radius 2 is 2.27 bits per heavy atom. The highest BCUT2D eigenvalue weighted by Crippen LogP contribution is 2.17. The Kier molecular flexibility index (Phi) is 3.96. The van der Waals surface area contributed by atoms with Crippen LogP contribution in [0.3, 0.4) is 0 Å². The summed E-state index contributed by atoms with van der Waals surface area (Å²) in [6.45, 7) is 2.12. The van der Waals surface area contributed by atoms with Crippen LogP contribution in [0.2, 0.25) is 0 Å². The fraction of sp³-hybridized carbons (Fsp3) is 0.250. The van der Waals surface area contributed by atoms with Gasteiger partial charge in [-0.3, -0.25) is 4.79 Å². The van der Waals surface area contributed by atoms with Crippen molar-refractivity contribution in [2.24, 2.45) is 7.05 Å². The first-order valence-corrected chi connectivity index (χ1v) is 7.92. The van der Waals surface area contributed by atoms with E-state index in [9.17, 15) is 9.90 Å². The van der Waals surface area contributed by atoms with Gasteiger partial charge in [0.1, 0.15) is 5.82 Å². The fourth-order valence-corrected chi connectivity index (χ4v) is 3.04. The molecule has 0 saturated carbocycles. The van der Waals surface area contributed by atoms with Crippen LogP contribution in [0.1, 0.15) is 27.8 Å². The Bertz CT molecular complexity index is 808. The number of fused-ring (bicyclic) bond motifs is 1. The third-order valence-corrected chi connectivity index (χ3v) is 4.45. The van der Waals surface area contributed by atoms with E-state index < -0.39 is 6.10 Å². The van der Waals surface area contributed by atoms with E-state index in [1.807, 2.05) is 41.4 Å². The van der Waals surface area contributed by atoms with Gasteiger partial charge < -0.3 is 15.0 Å². The predicted molar refractivity (Wildman–Crippen MR) is 87.1 cm³/mol. The molecular formula is C16H17N3O2S. The molecule has 0 bridgehead atoms. The molecule has 1 aromatic carbocycles. The molecule has 1 atom stereocenters. The lowest BCUT2D eigenvalue weighted by molar-refractivity contribution is 0.0916. The van der Waals surface area contributed by atoms with E-state index in [-0.39, 0.29) is 12.5 Å². The van der Waals surface area contributed by atoms with Crippen molar-refractivity contribution >= 4 is 28.3 Å². The molecule has 1 unspecified atom stereocenters. The third kappa shape index (κ3) is 2.75. The molecule has 2 N–H and O–H groups in total. The molecule has 22 heavy (non-hydrogen) atoms. The molecule has 2 aromatic heterocycles. The van der Waals surface area contributed by atoms with Crippen molar-refractivity contribution in [2.75, 3.05) is 6.54 Å². The monoisotopic (exact) mass is 315 g/mol. The maximum atomic E-state index is 12.2. The second kappa shape index (κ2) is 5.90. The standard InChI is InChI=1S/C16H17N3O2S/c1-10-18-13-7-11(3-4-14(13)19(10)2)16(21)17-8-15(20)12-5-6-22-9-12/h3-7,9,15,20H,8H2,1-2H3,(H,17,21). The smallest absolute Gasteiger partial charge is 0.251 e. The highest BCUT2D eigenvalue weighted by atomic mass is 32.1. The summed E-state index contributed by atoms with van der Waals surface area (Å²) in [4.78, 5) is 16.6. The highest BCUT2D eigenvalue weighted by Gasteiger charge is 2.13. The van der Waals surface area contributed by atoms with Crippen LogP contribution in [-0.2, 0) is 7.05 Å². The minimum atomic E-state index is -0.684. The predicted octanol–water partition coefficient (Wildman–Crippen LogP) is 2.41. The Balaban J connectivity index is 1.72. The molecule has 0 fully saturated rings. The van der Waals surface area contributed by atoms with Crippen LogP contribution in [0.4, 0.5) is 0 Å². The first-order valence-electron chi connectivity index (χ1n) is 6.97. The van der Waals surface area contributed by atoms with E-state index in [0.717, 1.165) is 22.4 Å². The molecule has 0 aliphatic carbocycles. The maximum absolute atomic E-state index is 12.2. The summed E-state index contributed by atoms with van der Waals surface area (Å²) in [6, 6.07) is 7.29. The molecule has 3 rings (SSSR count). The number of imidazole rings is 1. The molecule has 3 aromatic rings. The highest BCUT2D eigenvalue weighted by molar-refractivity contribution is 7.07. The Morgan fingerprint density at radius 3 is 3.00 bits per heavy atom. The summed E-state index contributed by atoms with van der Waals surface area (Å²) in [6.07, 6.45) is -0.684. The Hall–Kier alpha value is -2.18. The largest absolute Gasteiger partial charge is 0.387 e. The maximum Gasteiger partial charge on any atom is 0.251 e. The molecule has 5 nitrogen and oxygen atoms in total. The van der Waals surface area contributed by atoms with Gasteiger partial charge in [-0.05, 0) is 47.5 Å². The number of aromatic nitrogens is 2. The van der Waals surface area contributed by atoms with Gasteiger partial charge in [0.25, 0.3) is 5.91 Å². The number of aryl methyl sites for hydroxylation is 2. The summed E-state index contributed by atoms with van der Waals surface area (Å²) >= 11 is 1.52. The molecular weight excluding hydrogens is 298 g/mol. The quantitative estimate of drug-likeness (QED) is 0.777. The van der Waals surface area contributed by atoms with Crippen LogP contribution in [0.5, 0.6) is 0 Å². The molecule has 1 amide bonds. The van der Waals surface area contributed by atoms with Crippen molar-refractivity contribution in [1.29, 1.82) is 0 Å². The minimum absolute atomic E-state index is 0.189. The summed E-state index contributed by atoms with van der Waals surface area (Å²) in [5.74, 6) is 0.694. The Labute approximate surface area is 132 Å². The van der Waals surface area contributed by atoms with Crippen LogP contribution in [-0.4, -0.2) is 27.1 Å². The number of amides is 1. The number of carbonyl (C=O) groups is 1. The molecule has 6 heteroatoms. The van der Waals surface area contributed by atoms with Gasteiger partial charge in [-0.15, -0.1) is 0 Å². The van der Waals surface area contributed by atoms with Gasteiger partial charge >= 0.3 is 0 Å². The average molecular weight is 315 g/mol. The Morgan fingerprint density at radius 1 is 1.45 bits per heavy atom. The van der Waals surface area contributed by atoms with E-state index in [0.29, 0.717) is 5.56 Å². The van der Waals surface area contributed by atoms with Gasteiger partial charge in [0.05, 0.1) is 17.1 Å². The number of nitrogens with one attached hydrogen (secondary N) is 1. The number of rotatable bonds is 4. The van der Waals surface area contributed by atoms with Crippen molar-refractivity contribution in [3.05, 3.63) is 52.0 Å². The molecule has 2 heterocycles. The fourth-order valence-electron chi connectivity index (χ4n) is 2.34. The van der Waals surface area contributed by atoms with Gasteiger partial charge in [0, 0.05) is 19.2 Å². The number of benzene rings is 1. The molecule has 0 aliphatic heterocycles. The third-order valence-electron chi connectivity index (χ3n) is 3.75. The second-order valence-electron chi connectivity index (χ2n) is 5.20. The lowest BCUT2D eigenvalue weighted by atomic mass is 10.1. The number of nitrogens with zero attached hydrogens (tertiary/aromatic N) is 2. The van der Waals surface area contributed by atoms with Crippen molar-refractivity contribution in [1.82, 2.24) is 14.9 Å². The van der Waals surface area contributed by atoms with Gasteiger partial charge in [-0.2, -0.15) is 11.3 Å². The van der Waals surface area contributed by atoms with Crippen LogP contribution in [0.25, 0.3) is 11.0 Å². The number of hydrogen-bond acceptors (Lipinski definition) is 4. The van der Waals surface area contributed by atoms with Crippen molar-refractivity contribution in [2.45, 2.75) is 13.0 Å². The normalized spacial score (nSPS) is 12.5. The van der Waals surface area contributed by atoms with E-state index in [1.54, 1.807) is 12.1 Å². The molecule has 0 radical (unpaired) electrons. The summed E-state index contributed by atoms with van der Waals surface area (Å²) in [7, 11) is 1.95. The van der Waals surface area contributed by atoms with E-state index in [2.05, 4.69) is 10.3 Å². The van der Waals surface area contributed by atoms with E-state index >= 15 is 0 Å². The molecule has 0 spiro atoms. The van der Waals surface area contributed by atoms with Crippen molar-refractivity contribution < 1.29 is 9.90 Å². The van der Waals surface area contributed by atoms with Gasteiger partial charge in [-0.25, -0.2) is 4.98 Å². The summed E-state index contributed by atoms with van der Waals surface area (Å²) in [5.41, 5.74) is 3.16. The number of aliphatic hydroxyl groups excluding tert-OH is 1. The lowest BCUT2D eigenvalue weighted by Gasteiger charge is -2.10. The van der Waals surface area contributed by atoms with Crippen LogP contribution < -0.4 is 5.32 Å². The van der Waals surface area contributed by atoms with E-state index in [4.69, 9.17) is 0 Å². The summed E-state index contributed by atoms with van der Waals surface area (Å²) in [5, 5.41) is 16.5. The number of carbonyl (C=O) groups excluding carboxylic acids is 1. The van der Waals surface area contributed by atoms with Gasteiger partial charge in [-0.1, -0.05) is 0 Å². The van der Waals surface area contributed by atoms with Gasteiger partial charge in [0.15, 0.2) is 0 Å². The first-order chi connectivity index (χ1) is 10.6. The minimum Gasteiger partial charge on any atom is -0.387 e. The zero-order valence-electron chi connectivity index (χ0n) is 12.4. The zero-order chi connectivity index (χ0) is 15.7. The molecule has 0 saturated heterocycles. The molecule has 114 valence electrons. The number of thiophene rings is 1. The van der Waals surface area contributed by atoms with E-state index in [1.165, 1.54) is 11.3 Å². The first kappa shape index (κ1) is 14.7. The molecule has 0 aliphatic rings. The van der Waals surface area contributed by atoms with Crippen LogP contribution in [0, 0.1) is 6.92 Å². The summed E-state index contributed by atoms with van der Waals surface area (Å²) < 4.78 is 1.98. The SMILES string of the molecule is Cc1nc2cc(C(=O)NCC(O)c3ccsc3)ccc2n1C. The second-order valence-corrected chi connectivity index (χ2v) is 5.98. The zero-order valence-corrected chi connectivity index (χ0v) is 13.2. The van der Waals surface area contributed by atoms with Crippen molar-refractivity contribution in [3.8, 4) is 0 Å². The average Bonchev–Trinajstić information content (AvgIpc) is 3.14. The van der Waals surface area contributed by atoms with Crippen LogP contribution >= 0.6 is 11.3 Å². The van der Waals surface area contributed by atoms with Crippen molar-refractivity contribution in [3.63, 3.8) is 0 Å². The van der Waals surface area contributed by atoms with Gasteiger partial charge in [0.2, 0.25) is 0 Å². The lowest BCUT2D eigenvalue weighted by Crippen LogP contribution is -2.28. The number of aliphatic hydroxyl groups is 1. The van der Waals surface area contributed by atoms with Crippen LogP contribution in [0.15, 0.2) is 35.0 Å². The number of hydrogen-bond donors (Lipinski definition) is 2. The topological polar surface area (TPSA) is 67.2 Å².